The van der Waals surface area contributed by atoms with Crippen LogP contribution in [0.5, 0.6) is 11.5 Å². The molecule has 0 fully saturated rings. The number of amides is 1. The molecule has 0 unspecified atom stereocenters. The number of hydrogen-bond acceptors (Lipinski definition) is 4. The Morgan fingerprint density at radius 2 is 1.93 bits per heavy atom. The quantitative estimate of drug-likeness (QED) is 0.452. The van der Waals surface area contributed by atoms with Crippen LogP contribution >= 0.6 is 15.9 Å². The standard InChI is InChI=1S/C22H27BrN2O3/c1-16-15-24-19-14-21(28-12-8-4-7-11-23)20(27-2)13-18(19)22(26)25(16)17-9-5-3-6-10-17/h3,5-6,9-10,13-14,16,24H,4,7-8,11-12,15H2,1-2H3/t16-/m0/s1. The van der Waals surface area contributed by atoms with Gasteiger partial charge in [0.25, 0.3) is 5.91 Å². The molecule has 0 spiro atoms. The Kier molecular flexibility index (Phi) is 7.20. The van der Waals surface area contributed by atoms with Crippen LogP contribution in [0.3, 0.4) is 0 Å². The summed E-state index contributed by atoms with van der Waals surface area (Å²) in [5.41, 5.74) is 2.27. The number of unbranched alkanes of at least 4 members (excludes halogenated alkanes) is 2. The van der Waals surface area contributed by atoms with Crippen LogP contribution in [0.2, 0.25) is 0 Å². The van der Waals surface area contributed by atoms with Crippen LogP contribution in [0, 0.1) is 0 Å². The first-order valence-corrected chi connectivity index (χ1v) is 10.8. The van der Waals surface area contributed by atoms with Crippen LogP contribution in [0.15, 0.2) is 42.5 Å². The summed E-state index contributed by atoms with van der Waals surface area (Å²) >= 11 is 3.44. The van der Waals surface area contributed by atoms with Gasteiger partial charge in [-0.2, -0.15) is 0 Å². The summed E-state index contributed by atoms with van der Waals surface area (Å²) in [6.45, 7) is 3.33. The van der Waals surface area contributed by atoms with Gasteiger partial charge in [0.1, 0.15) is 0 Å². The number of rotatable bonds is 8. The Morgan fingerprint density at radius 1 is 1.14 bits per heavy atom. The molecule has 3 rings (SSSR count). The van der Waals surface area contributed by atoms with E-state index in [0.29, 0.717) is 30.2 Å². The first-order chi connectivity index (χ1) is 13.7. The van der Waals surface area contributed by atoms with Crippen LogP contribution in [0.4, 0.5) is 11.4 Å². The van der Waals surface area contributed by atoms with Crippen molar-refractivity contribution in [3.63, 3.8) is 0 Å². The highest BCUT2D eigenvalue weighted by atomic mass is 79.9. The number of benzene rings is 2. The van der Waals surface area contributed by atoms with Crippen LogP contribution in [0.1, 0.15) is 36.5 Å². The molecule has 6 heteroatoms. The minimum absolute atomic E-state index is 0.0157. The Labute approximate surface area is 175 Å². The molecule has 0 radical (unpaired) electrons. The summed E-state index contributed by atoms with van der Waals surface area (Å²) in [5.74, 6) is 1.21. The Balaban J connectivity index is 1.86. The van der Waals surface area contributed by atoms with Crippen molar-refractivity contribution in [1.29, 1.82) is 0 Å². The zero-order valence-electron chi connectivity index (χ0n) is 16.4. The van der Waals surface area contributed by atoms with E-state index < -0.39 is 0 Å². The average molecular weight is 447 g/mol. The summed E-state index contributed by atoms with van der Waals surface area (Å²) in [6.07, 6.45) is 3.23. The molecule has 2 aromatic rings. The molecule has 150 valence electrons. The van der Waals surface area contributed by atoms with Crippen molar-refractivity contribution in [2.45, 2.75) is 32.2 Å². The first kappa shape index (κ1) is 20.5. The smallest absolute Gasteiger partial charge is 0.260 e. The van der Waals surface area contributed by atoms with E-state index in [0.717, 1.165) is 36.0 Å². The second kappa shape index (κ2) is 9.82. The Bertz CT molecular complexity index is 798. The minimum atomic E-state index is -0.0409. The average Bonchev–Trinajstić information content (AvgIpc) is 2.84. The maximum atomic E-state index is 13.3. The van der Waals surface area contributed by atoms with Crippen LogP contribution in [0.25, 0.3) is 0 Å². The fourth-order valence-corrected chi connectivity index (χ4v) is 3.75. The lowest BCUT2D eigenvalue weighted by molar-refractivity contribution is 0.0982. The molecule has 0 bridgehead atoms. The predicted molar refractivity (Wildman–Crippen MR) is 117 cm³/mol. The SMILES string of the molecule is COc1cc2c(cc1OCCCCCBr)NC[C@H](C)N(c1ccccc1)C2=O. The minimum Gasteiger partial charge on any atom is -0.493 e. The Hall–Kier alpha value is -2.21. The van der Waals surface area contributed by atoms with Crippen LogP contribution in [-0.4, -0.2) is 37.5 Å². The van der Waals surface area contributed by atoms with Crippen molar-refractivity contribution in [1.82, 2.24) is 0 Å². The van der Waals surface area contributed by atoms with Gasteiger partial charge in [-0.1, -0.05) is 34.1 Å². The number of methoxy groups -OCH3 is 1. The lowest BCUT2D eigenvalue weighted by atomic mass is 10.1. The van der Waals surface area contributed by atoms with Crippen molar-refractivity contribution in [3.8, 4) is 11.5 Å². The molecule has 1 aliphatic rings. The molecule has 0 saturated heterocycles. The number of anilines is 2. The molecule has 1 heterocycles. The zero-order chi connectivity index (χ0) is 19.9. The molecule has 1 atom stereocenters. The molecule has 28 heavy (non-hydrogen) atoms. The highest BCUT2D eigenvalue weighted by Gasteiger charge is 2.30. The van der Waals surface area contributed by atoms with Gasteiger partial charge < -0.3 is 19.7 Å². The highest BCUT2D eigenvalue weighted by Crippen LogP contribution is 2.36. The number of halogens is 1. The maximum absolute atomic E-state index is 13.3. The van der Waals surface area contributed by atoms with E-state index in [1.165, 1.54) is 0 Å². The normalized spacial score (nSPS) is 16.2. The van der Waals surface area contributed by atoms with Crippen LogP contribution < -0.4 is 19.7 Å². The van der Waals surface area contributed by atoms with E-state index in [-0.39, 0.29) is 11.9 Å². The van der Waals surface area contributed by atoms with Crippen molar-refractivity contribution in [3.05, 3.63) is 48.0 Å². The van der Waals surface area contributed by atoms with Crippen molar-refractivity contribution >= 4 is 33.2 Å². The second-order valence-electron chi connectivity index (χ2n) is 6.89. The van der Waals surface area contributed by atoms with Gasteiger partial charge in [0.2, 0.25) is 0 Å². The molecular formula is C22H27BrN2O3. The molecular weight excluding hydrogens is 420 g/mol. The van der Waals surface area contributed by atoms with Gasteiger partial charge in [-0.05, 0) is 44.4 Å². The third-order valence-corrected chi connectivity index (χ3v) is 5.41. The molecule has 1 amide bonds. The molecule has 0 saturated carbocycles. The number of hydrogen-bond donors (Lipinski definition) is 1. The number of alkyl halides is 1. The lowest BCUT2D eigenvalue weighted by Gasteiger charge is -2.27. The van der Waals surface area contributed by atoms with Gasteiger partial charge in [-0.25, -0.2) is 0 Å². The third-order valence-electron chi connectivity index (χ3n) is 4.85. The number of nitrogens with one attached hydrogen (secondary N) is 1. The van der Waals surface area contributed by atoms with Crippen molar-refractivity contribution in [2.24, 2.45) is 0 Å². The molecule has 2 aromatic carbocycles. The highest BCUT2D eigenvalue weighted by molar-refractivity contribution is 9.09. The molecule has 5 nitrogen and oxygen atoms in total. The van der Waals surface area contributed by atoms with E-state index in [4.69, 9.17) is 9.47 Å². The second-order valence-corrected chi connectivity index (χ2v) is 7.68. The fraction of sp³-hybridized carbons (Fsp3) is 0.409. The number of nitrogens with zero attached hydrogens (tertiary/aromatic N) is 1. The maximum Gasteiger partial charge on any atom is 0.260 e. The third kappa shape index (κ3) is 4.61. The topological polar surface area (TPSA) is 50.8 Å². The van der Waals surface area contributed by atoms with Crippen molar-refractivity contribution in [2.75, 3.05) is 35.8 Å². The largest absolute Gasteiger partial charge is 0.493 e. The molecule has 1 aliphatic heterocycles. The van der Waals surface area contributed by atoms with Crippen LogP contribution in [-0.2, 0) is 0 Å². The summed E-state index contributed by atoms with van der Waals surface area (Å²) < 4.78 is 11.5. The van der Waals surface area contributed by atoms with E-state index in [1.54, 1.807) is 13.2 Å². The number of ether oxygens (including phenoxy) is 2. The number of carbonyl (C=O) groups excluding carboxylic acids is 1. The first-order valence-electron chi connectivity index (χ1n) is 9.69. The summed E-state index contributed by atoms with van der Waals surface area (Å²) in [7, 11) is 1.60. The lowest BCUT2D eigenvalue weighted by Crippen LogP contribution is -2.40. The van der Waals surface area contributed by atoms with E-state index >= 15 is 0 Å². The summed E-state index contributed by atoms with van der Waals surface area (Å²) in [5, 5.41) is 4.41. The van der Waals surface area contributed by atoms with E-state index in [2.05, 4.69) is 21.2 Å². The van der Waals surface area contributed by atoms with Gasteiger partial charge >= 0.3 is 0 Å². The van der Waals surface area contributed by atoms with Gasteiger partial charge in [-0.15, -0.1) is 0 Å². The monoisotopic (exact) mass is 446 g/mol. The number of carbonyl (C=O) groups is 1. The molecule has 0 aliphatic carbocycles. The summed E-state index contributed by atoms with van der Waals surface area (Å²) in [6, 6.07) is 13.4. The van der Waals surface area contributed by atoms with Crippen molar-refractivity contribution < 1.29 is 14.3 Å². The van der Waals surface area contributed by atoms with Gasteiger partial charge in [0.15, 0.2) is 11.5 Å². The predicted octanol–water partition coefficient (Wildman–Crippen LogP) is 5.10. The Morgan fingerprint density at radius 3 is 2.64 bits per heavy atom. The molecule has 0 aromatic heterocycles. The summed E-state index contributed by atoms with van der Waals surface area (Å²) in [4.78, 5) is 15.2. The fourth-order valence-electron chi connectivity index (χ4n) is 3.35. The van der Waals surface area contributed by atoms with Gasteiger partial charge in [0, 0.05) is 23.6 Å². The van der Waals surface area contributed by atoms with Gasteiger partial charge in [0.05, 0.1) is 31.0 Å². The van der Waals surface area contributed by atoms with E-state index in [9.17, 15) is 4.79 Å². The zero-order valence-corrected chi connectivity index (χ0v) is 18.0. The van der Waals surface area contributed by atoms with E-state index in [1.807, 2.05) is 48.2 Å². The molecule has 1 N–H and O–H groups in total. The number of fused-ring (bicyclic) bond motifs is 1. The van der Waals surface area contributed by atoms with Gasteiger partial charge in [-0.3, -0.25) is 4.79 Å². The number of para-hydroxylation sites is 1.